The average molecular weight is 1090 g/mol. The number of carbonyl (C=O) groups is 1. The number of nitrogens with zero attached hydrogens (tertiary/aromatic N) is 2. The zero-order chi connectivity index (χ0) is 44.4. The Kier molecular flexibility index (Phi) is 17.0. The van der Waals surface area contributed by atoms with E-state index in [2.05, 4.69) is 172 Å². The number of esters is 1. The van der Waals surface area contributed by atoms with Crippen molar-refractivity contribution in [3.05, 3.63) is 160 Å². The first-order valence-corrected chi connectivity index (χ1v) is 24.6. The van der Waals surface area contributed by atoms with Gasteiger partial charge in [0.1, 0.15) is 11.5 Å². The number of benzene rings is 5. The number of ether oxygens (including phenoxy) is 3. The Morgan fingerprint density at radius 2 is 0.903 bits per heavy atom. The van der Waals surface area contributed by atoms with Crippen LogP contribution in [-0.2, 0) is 10.3 Å². The van der Waals surface area contributed by atoms with Crippen LogP contribution in [0.1, 0.15) is 103 Å². The van der Waals surface area contributed by atoms with E-state index >= 15 is 0 Å². The molecular weight excluding hydrogens is 1040 g/mol. The maximum atomic E-state index is 14.5. The summed E-state index contributed by atoms with van der Waals surface area (Å²) in [5.74, 6) is 1.19. The Hall–Kier alpha value is -3.83. The van der Waals surface area contributed by atoms with E-state index < -0.39 is 11.6 Å². The van der Waals surface area contributed by atoms with Gasteiger partial charge in [-0.05, 0) is 171 Å². The van der Waals surface area contributed by atoms with Gasteiger partial charge in [0.2, 0.25) is 0 Å². The summed E-state index contributed by atoms with van der Waals surface area (Å²) in [4.78, 5) is 18.6. The van der Waals surface area contributed by atoms with E-state index in [0.717, 1.165) is 86.4 Å². The van der Waals surface area contributed by atoms with Crippen LogP contribution in [0.25, 0.3) is 11.1 Å². The van der Waals surface area contributed by atoms with E-state index in [1.54, 1.807) is 0 Å². The maximum absolute atomic E-state index is 14.5. The van der Waals surface area contributed by atoms with Gasteiger partial charge in [0, 0.05) is 63.0 Å². The Morgan fingerprint density at radius 1 is 0.532 bits per heavy atom. The molecule has 5 aromatic rings. The molecule has 10 heteroatoms. The molecule has 0 radical (unpaired) electrons. The highest BCUT2D eigenvalue weighted by Gasteiger charge is 2.48. The largest absolute Gasteiger partial charge is 0.494 e. The molecule has 1 aliphatic heterocycles. The SMILES string of the molecule is CCCCCCOc1ccc(/C(=C/C2(/C=C(/c3ccc(OCCCCCC)cc3)c3ccc(N(C)C)cc3)OC(=O)c3c(Br)c(Br)c(Br)c(Br)c32)c2ccc(N(C)C)cc2)cc1. The maximum Gasteiger partial charge on any atom is 0.341 e. The van der Waals surface area contributed by atoms with E-state index in [0.29, 0.717) is 37.8 Å². The first-order valence-electron chi connectivity index (χ1n) is 21.4. The Bertz CT molecular complexity index is 2230. The number of hydrogen-bond acceptors (Lipinski definition) is 6. The van der Waals surface area contributed by atoms with Crippen molar-refractivity contribution in [3.8, 4) is 11.5 Å². The van der Waals surface area contributed by atoms with Crippen LogP contribution in [0.15, 0.2) is 127 Å². The Morgan fingerprint density at radius 3 is 1.27 bits per heavy atom. The van der Waals surface area contributed by atoms with Crippen molar-refractivity contribution in [1.29, 1.82) is 0 Å². The summed E-state index contributed by atoms with van der Waals surface area (Å²) in [6.07, 6.45) is 13.3. The van der Waals surface area contributed by atoms with Crippen LogP contribution in [0, 0.1) is 0 Å². The fraction of sp³-hybridized carbons (Fsp3) is 0.327. The molecule has 5 aromatic carbocycles. The van der Waals surface area contributed by atoms with E-state index in [9.17, 15) is 4.79 Å². The first kappa shape index (κ1) is 47.6. The van der Waals surface area contributed by atoms with Gasteiger partial charge in [-0.15, -0.1) is 0 Å². The predicted molar refractivity (Wildman–Crippen MR) is 272 cm³/mol. The molecule has 6 rings (SSSR count). The molecular formula is C52H56Br4N2O4. The molecule has 6 nitrogen and oxygen atoms in total. The van der Waals surface area contributed by atoms with E-state index in [1.807, 2.05) is 52.5 Å². The molecule has 0 unspecified atom stereocenters. The van der Waals surface area contributed by atoms with Crippen molar-refractivity contribution in [2.75, 3.05) is 51.2 Å². The molecule has 62 heavy (non-hydrogen) atoms. The van der Waals surface area contributed by atoms with E-state index in [4.69, 9.17) is 14.2 Å². The standard InChI is InChI=1S/C52H56Br4N2O4/c1-7-9-11-13-31-60-41-27-19-37(20-28-41)43(35-15-23-39(24-16-35)57(3)4)33-52(46-45(51(59)62-52)47(53)49(55)50(56)48(46)54)34-44(36-17-25-40(26-18-36)58(5)6)38-21-29-42(30-22-38)61-32-14-12-10-8-2/h15-30,33-34H,7-14,31-32H2,1-6H3/b43-33+,44-34+. The summed E-state index contributed by atoms with van der Waals surface area (Å²) in [6.45, 7) is 5.77. The van der Waals surface area contributed by atoms with Crippen LogP contribution in [-0.4, -0.2) is 47.4 Å². The molecule has 326 valence electrons. The Labute approximate surface area is 402 Å². The van der Waals surface area contributed by atoms with Crippen molar-refractivity contribution < 1.29 is 19.0 Å². The average Bonchev–Trinajstić information content (AvgIpc) is 3.57. The highest BCUT2D eigenvalue weighted by Crippen LogP contribution is 2.54. The van der Waals surface area contributed by atoms with E-state index in [1.165, 1.54) is 25.7 Å². The van der Waals surface area contributed by atoms with Crippen molar-refractivity contribution in [1.82, 2.24) is 0 Å². The summed E-state index contributed by atoms with van der Waals surface area (Å²) < 4.78 is 21.9. The molecule has 0 saturated carbocycles. The quantitative estimate of drug-likeness (QED) is 0.0335. The van der Waals surface area contributed by atoms with Crippen LogP contribution in [0.4, 0.5) is 11.4 Å². The van der Waals surface area contributed by atoms with Crippen LogP contribution < -0.4 is 19.3 Å². The minimum atomic E-state index is -1.41. The second kappa shape index (κ2) is 22.2. The lowest BCUT2D eigenvalue weighted by atomic mass is 9.83. The Balaban J connectivity index is 1.60. The minimum absolute atomic E-state index is 0.433. The lowest BCUT2D eigenvalue weighted by Gasteiger charge is -2.28. The second-order valence-corrected chi connectivity index (χ2v) is 19.2. The number of rotatable bonds is 20. The molecule has 0 bridgehead atoms. The van der Waals surface area contributed by atoms with Gasteiger partial charge in [0.05, 0.1) is 18.8 Å². The van der Waals surface area contributed by atoms with Gasteiger partial charge in [-0.1, -0.05) is 101 Å². The lowest BCUT2D eigenvalue weighted by Crippen LogP contribution is -2.23. The predicted octanol–water partition coefficient (Wildman–Crippen LogP) is 15.4. The van der Waals surface area contributed by atoms with Crippen LogP contribution in [0.3, 0.4) is 0 Å². The van der Waals surface area contributed by atoms with Crippen molar-refractivity contribution >= 4 is 92.2 Å². The fourth-order valence-corrected chi connectivity index (χ4v) is 10.2. The normalized spacial score (nSPS) is 13.5. The highest BCUT2D eigenvalue weighted by molar-refractivity contribution is 9.15. The van der Waals surface area contributed by atoms with Gasteiger partial charge in [0.25, 0.3) is 0 Å². The molecule has 0 N–H and O–H groups in total. The molecule has 1 aliphatic rings. The van der Waals surface area contributed by atoms with Crippen LogP contribution in [0.2, 0.25) is 0 Å². The number of fused-ring (bicyclic) bond motifs is 1. The summed E-state index contributed by atoms with van der Waals surface area (Å²) in [6, 6.07) is 33.4. The van der Waals surface area contributed by atoms with E-state index in [-0.39, 0.29) is 0 Å². The molecule has 0 atom stereocenters. The lowest BCUT2D eigenvalue weighted by molar-refractivity contribution is 0.0298. The summed E-state index contributed by atoms with van der Waals surface area (Å²) >= 11 is 15.3. The van der Waals surface area contributed by atoms with Gasteiger partial charge in [-0.2, -0.15) is 0 Å². The smallest absolute Gasteiger partial charge is 0.341 e. The van der Waals surface area contributed by atoms with Crippen molar-refractivity contribution in [3.63, 3.8) is 0 Å². The topological polar surface area (TPSA) is 51.2 Å². The molecule has 0 aromatic heterocycles. The summed E-state index contributed by atoms with van der Waals surface area (Å²) in [5.41, 5.74) is 7.43. The number of halogens is 4. The monoisotopic (exact) mass is 1090 g/mol. The number of unbranched alkanes of at least 4 members (excludes halogenated alkanes) is 6. The van der Waals surface area contributed by atoms with Gasteiger partial charge < -0.3 is 24.0 Å². The zero-order valence-corrected chi connectivity index (χ0v) is 42.8. The molecule has 1 heterocycles. The third kappa shape index (κ3) is 11.3. The van der Waals surface area contributed by atoms with Crippen molar-refractivity contribution in [2.24, 2.45) is 0 Å². The number of hydrogen-bond donors (Lipinski definition) is 0. The fourth-order valence-electron chi connectivity index (χ4n) is 7.56. The van der Waals surface area contributed by atoms with Crippen LogP contribution in [0.5, 0.6) is 11.5 Å². The third-order valence-electron chi connectivity index (χ3n) is 11.1. The number of carbonyl (C=O) groups excluding carboxylic acids is 1. The van der Waals surface area contributed by atoms with Crippen molar-refractivity contribution in [2.45, 2.75) is 70.8 Å². The summed E-state index contributed by atoms with van der Waals surface area (Å²) in [5, 5.41) is 0. The molecule has 0 aliphatic carbocycles. The minimum Gasteiger partial charge on any atom is -0.494 e. The van der Waals surface area contributed by atoms with Crippen LogP contribution >= 0.6 is 63.7 Å². The first-order chi connectivity index (χ1) is 29.9. The zero-order valence-electron chi connectivity index (χ0n) is 36.5. The second-order valence-electron chi connectivity index (χ2n) is 16.1. The molecule has 0 amide bonds. The van der Waals surface area contributed by atoms with Gasteiger partial charge in [-0.3, -0.25) is 0 Å². The highest BCUT2D eigenvalue weighted by atomic mass is 79.9. The third-order valence-corrected chi connectivity index (χ3v) is 15.9. The van der Waals surface area contributed by atoms with Gasteiger partial charge in [0.15, 0.2) is 5.60 Å². The number of anilines is 2. The molecule has 0 spiro atoms. The van der Waals surface area contributed by atoms with Gasteiger partial charge in [-0.25, -0.2) is 4.79 Å². The van der Waals surface area contributed by atoms with Gasteiger partial charge >= 0.3 is 5.97 Å². The molecule has 0 saturated heterocycles. The number of cyclic esters (lactones) is 1. The summed E-state index contributed by atoms with van der Waals surface area (Å²) in [7, 11) is 8.13. The molecule has 0 fully saturated rings.